The molecule has 1 aromatic rings. The van der Waals surface area contributed by atoms with Gasteiger partial charge in [-0.1, -0.05) is 12.1 Å². The van der Waals surface area contributed by atoms with E-state index < -0.39 is 10.0 Å². The van der Waals surface area contributed by atoms with E-state index >= 15 is 0 Å². The fourth-order valence-corrected chi connectivity index (χ4v) is 3.43. The molecular formula is C16H26N4O4S. The molecule has 1 aliphatic rings. The lowest BCUT2D eigenvalue weighted by Gasteiger charge is -2.33. The number of hydrogen-bond acceptors (Lipinski definition) is 5. The Morgan fingerprint density at radius 1 is 1.12 bits per heavy atom. The van der Waals surface area contributed by atoms with Gasteiger partial charge in [0.25, 0.3) is 0 Å². The van der Waals surface area contributed by atoms with Gasteiger partial charge in [-0.15, -0.1) is 0 Å². The van der Waals surface area contributed by atoms with Crippen molar-refractivity contribution in [2.75, 3.05) is 52.6 Å². The monoisotopic (exact) mass is 370 g/mol. The lowest BCUT2D eigenvalue weighted by Crippen LogP contribution is -2.50. The highest BCUT2D eigenvalue weighted by Gasteiger charge is 2.22. The lowest BCUT2D eigenvalue weighted by molar-refractivity contribution is 0.188. The SMILES string of the molecule is COc1ccc(CNC(=O)NCCN2CCN(S(C)(=O)=O)CC2)cc1. The molecule has 1 aromatic carbocycles. The Balaban J connectivity index is 1.61. The van der Waals surface area contributed by atoms with Gasteiger partial charge in [-0.25, -0.2) is 13.2 Å². The highest BCUT2D eigenvalue weighted by atomic mass is 32.2. The Morgan fingerprint density at radius 2 is 1.76 bits per heavy atom. The van der Waals surface area contributed by atoms with Gasteiger partial charge in [0.2, 0.25) is 10.0 Å². The summed E-state index contributed by atoms with van der Waals surface area (Å²) in [5.41, 5.74) is 0.993. The highest BCUT2D eigenvalue weighted by Crippen LogP contribution is 2.10. The van der Waals surface area contributed by atoms with E-state index in [4.69, 9.17) is 4.74 Å². The van der Waals surface area contributed by atoms with Gasteiger partial charge >= 0.3 is 6.03 Å². The molecule has 0 unspecified atom stereocenters. The van der Waals surface area contributed by atoms with Crippen LogP contribution in [0.25, 0.3) is 0 Å². The first-order valence-corrected chi connectivity index (χ1v) is 10.1. The van der Waals surface area contributed by atoms with Crippen LogP contribution in [0.15, 0.2) is 24.3 Å². The summed E-state index contributed by atoms with van der Waals surface area (Å²) in [7, 11) is -1.49. The minimum absolute atomic E-state index is 0.217. The molecule has 0 aliphatic carbocycles. The molecule has 0 radical (unpaired) electrons. The molecule has 0 atom stereocenters. The van der Waals surface area contributed by atoms with Gasteiger partial charge in [0.1, 0.15) is 5.75 Å². The molecule has 0 saturated carbocycles. The summed E-state index contributed by atoms with van der Waals surface area (Å²) in [4.78, 5) is 14.0. The number of nitrogens with zero attached hydrogens (tertiary/aromatic N) is 2. The van der Waals surface area contributed by atoms with Crippen LogP contribution >= 0.6 is 0 Å². The van der Waals surface area contributed by atoms with Crippen molar-refractivity contribution in [2.24, 2.45) is 0 Å². The van der Waals surface area contributed by atoms with E-state index in [1.54, 1.807) is 7.11 Å². The molecule has 2 N–H and O–H groups in total. The van der Waals surface area contributed by atoms with Crippen LogP contribution in [-0.2, 0) is 16.6 Å². The third kappa shape index (κ3) is 6.52. The minimum Gasteiger partial charge on any atom is -0.497 e. The van der Waals surface area contributed by atoms with E-state index in [9.17, 15) is 13.2 Å². The second-order valence-corrected chi connectivity index (χ2v) is 7.94. The number of amides is 2. The molecule has 1 saturated heterocycles. The molecule has 9 heteroatoms. The number of urea groups is 1. The van der Waals surface area contributed by atoms with Crippen LogP contribution in [0.1, 0.15) is 5.56 Å². The number of hydrogen-bond donors (Lipinski definition) is 2. The van der Waals surface area contributed by atoms with Crippen LogP contribution < -0.4 is 15.4 Å². The van der Waals surface area contributed by atoms with Gasteiger partial charge in [0.05, 0.1) is 13.4 Å². The van der Waals surface area contributed by atoms with Crippen molar-refractivity contribution in [1.29, 1.82) is 0 Å². The number of piperazine rings is 1. The number of rotatable bonds is 7. The zero-order valence-corrected chi connectivity index (χ0v) is 15.5. The molecule has 1 heterocycles. The van der Waals surface area contributed by atoms with E-state index in [2.05, 4.69) is 15.5 Å². The predicted molar refractivity (Wildman–Crippen MR) is 96.1 cm³/mol. The first-order chi connectivity index (χ1) is 11.9. The molecule has 0 aromatic heterocycles. The molecule has 2 amide bonds. The maximum atomic E-state index is 11.8. The van der Waals surface area contributed by atoms with Crippen molar-refractivity contribution in [1.82, 2.24) is 19.8 Å². The van der Waals surface area contributed by atoms with Crippen molar-refractivity contribution >= 4 is 16.1 Å². The Labute approximate surface area is 149 Å². The van der Waals surface area contributed by atoms with Crippen molar-refractivity contribution < 1.29 is 17.9 Å². The Bertz CT molecular complexity index is 655. The Hall–Kier alpha value is -1.84. The maximum Gasteiger partial charge on any atom is 0.315 e. The molecule has 1 aliphatic heterocycles. The first-order valence-electron chi connectivity index (χ1n) is 8.20. The van der Waals surface area contributed by atoms with Crippen LogP contribution in [0.2, 0.25) is 0 Å². The first kappa shape index (κ1) is 19.5. The standard InChI is InChI=1S/C16H26N4O4S/c1-24-15-5-3-14(4-6-15)13-18-16(21)17-7-8-19-9-11-20(12-10-19)25(2,22)23/h3-6H,7-13H2,1-2H3,(H2,17,18,21). The van der Waals surface area contributed by atoms with Gasteiger partial charge in [-0.05, 0) is 17.7 Å². The van der Waals surface area contributed by atoms with Gasteiger partial charge in [-0.3, -0.25) is 4.90 Å². The average Bonchev–Trinajstić information content (AvgIpc) is 2.60. The summed E-state index contributed by atoms with van der Waals surface area (Å²) in [5, 5.41) is 5.62. The average molecular weight is 370 g/mol. The van der Waals surface area contributed by atoms with E-state index in [1.807, 2.05) is 24.3 Å². The number of sulfonamides is 1. The summed E-state index contributed by atoms with van der Waals surface area (Å²) < 4.78 is 29.5. The molecule has 2 rings (SSSR count). The number of methoxy groups -OCH3 is 1. The third-order valence-corrected chi connectivity index (χ3v) is 5.43. The Morgan fingerprint density at radius 3 is 2.32 bits per heavy atom. The van der Waals surface area contributed by atoms with Crippen molar-refractivity contribution in [3.05, 3.63) is 29.8 Å². The molecule has 1 fully saturated rings. The van der Waals surface area contributed by atoms with Crippen LogP contribution in [0.3, 0.4) is 0 Å². The highest BCUT2D eigenvalue weighted by molar-refractivity contribution is 7.88. The van der Waals surface area contributed by atoms with Crippen LogP contribution in [0.4, 0.5) is 4.79 Å². The van der Waals surface area contributed by atoms with Gasteiger partial charge in [0, 0.05) is 45.8 Å². The number of carbonyl (C=O) groups excluding carboxylic acids is 1. The number of carbonyl (C=O) groups is 1. The fourth-order valence-electron chi connectivity index (χ4n) is 2.60. The maximum absolute atomic E-state index is 11.8. The number of benzene rings is 1. The second kappa shape index (κ2) is 9.02. The predicted octanol–water partition coefficient (Wildman–Crippen LogP) is 0.0716. The molecule has 140 valence electrons. The molecular weight excluding hydrogens is 344 g/mol. The van der Waals surface area contributed by atoms with Crippen LogP contribution in [0.5, 0.6) is 5.75 Å². The van der Waals surface area contributed by atoms with E-state index in [1.165, 1.54) is 10.6 Å². The summed E-state index contributed by atoms with van der Waals surface area (Å²) in [6.45, 7) is 4.04. The molecule has 0 bridgehead atoms. The summed E-state index contributed by atoms with van der Waals surface area (Å²) in [6.07, 6.45) is 1.23. The normalized spacial score (nSPS) is 16.4. The number of nitrogens with one attached hydrogen (secondary N) is 2. The fraction of sp³-hybridized carbons (Fsp3) is 0.562. The van der Waals surface area contributed by atoms with E-state index in [0.29, 0.717) is 45.8 Å². The summed E-state index contributed by atoms with van der Waals surface area (Å²) >= 11 is 0. The van der Waals surface area contributed by atoms with Gasteiger partial charge in [-0.2, -0.15) is 4.31 Å². The molecule has 0 spiro atoms. The van der Waals surface area contributed by atoms with Crippen molar-refractivity contribution in [3.63, 3.8) is 0 Å². The molecule has 8 nitrogen and oxygen atoms in total. The van der Waals surface area contributed by atoms with Gasteiger partial charge < -0.3 is 15.4 Å². The topological polar surface area (TPSA) is 91.0 Å². The zero-order valence-electron chi connectivity index (χ0n) is 14.7. The number of ether oxygens (including phenoxy) is 1. The zero-order chi connectivity index (χ0) is 18.3. The van der Waals surface area contributed by atoms with Crippen LogP contribution in [-0.4, -0.2) is 76.3 Å². The molecule has 25 heavy (non-hydrogen) atoms. The quantitative estimate of drug-likeness (QED) is 0.709. The smallest absolute Gasteiger partial charge is 0.315 e. The largest absolute Gasteiger partial charge is 0.497 e. The van der Waals surface area contributed by atoms with E-state index in [0.717, 1.165) is 11.3 Å². The van der Waals surface area contributed by atoms with Crippen LogP contribution in [0, 0.1) is 0 Å². The van der Waals surface area contributed by atoms with Crippen molar-refractivity contribution in [2.45, 2.75) is 6.54 Å². The Kier molecular flexibility index (Phi) is 7.03. The van der Waals surface area contributed by atoms with Crippen molar-refractivity contribution in [3.8, 4) is 5.75 Å². The second-order valence-electron chi connectivity index (χ2n) is 5.96. The third-order valence-electron chi connectivity index (χ3n) is 4.13. The van der Waals surface area contributed by atoms with E-state index in [-0.39, 0.29) is 6.03 Å². The summed E-state index contributed by atoms with van der Waals surface area (Å²) in [5.74, 6) is 0.782. The minimum atomic E-state index is -3.10. The summed E-state index contributed by atoms with van der Waals surface area (Å²) in [6, 6.07) is 7.29. The van der Waals surface area contributed by atoms with Gasteiger partial charge in [0.15, 0.2) is 0 Å². The lowest BCUT2D eigenvalue weighted by atomic mass is 10.2.